The molecule has 0 bridgehead atoms. The molecule has 1 aromatic rings. The van der Waals surface area contributed by atoms with Gasteiger partial charge in [-0.3, -0.25) is 0 Å². The SMILES string of the molecule is CCc1ccc(S(=O)(=O)N(C)C2CCC(N)CC2)s1. The lowest BCUT2D eigenvalue weighted by atomic mass is 9.92. The predicted octanol–water partition coefficient (Wildman–Crippen LogP) is 2.20. The summed E-state index contributed by atoms with van der Waals surface area (Å²) in [6.07, 6.45) is 4.43. The summed E-state index contributed by atoms with van der Waals surface area (Å²) in [6, 6.07) is 3.96. The van der Waals surface area contributed by atoms with Crippen LogP contribution in [-0.2, 0) is 16.4 Å². The van der Waals surface area contributed by atoms with Crippen LogP contribution < -0.4 is 5.73 Å². The van der Waals surface area contributed by atoms with Gasteiger partial charge in [-0.1, -0.05) is 6.92 Å². The van der Waals surface area contributed by atoms with Crippen LogP contribution in [0.3, 0.4) is 0 Å². The first-order valence-electron chi connectivity index (χ1n) is 6.77. The Kier molecular flexibility index (Phi) is 4.66. The molecule has 0 saturated heterocycles. The number of hydrogen-bond acceptors (Lipinski definition) is 4. The minimum Gasteiger partial charge on any atom is -0.328 e. The summed E-state index contributed by atoms with van der Waals surface area (Å²) in [5.41, 5.74) is 5.87. The average Bonchev–Trinajstić information content (AvgIpc) is 2.88. The molecule has 1 fully saturated rings. The highest BCUT2D eigenvalue weighted by atomic mass is 32.2. The second-order valence-corrected chi connectivity index (χ2v) is 8.56. The molecule has 0 spiro atoms. The zero-order valence-corrected chi connectivity index (χ0v) is 13.1. The highest BCUT2D eigenvalue weighted by molar-refractivity contribution is 7.91. The highest BCUT2D eigenvalue weighted by Gasteiger charge is 2.31. The van der Waals surface area contributed by atoms with Crippen LogP contribution in [0.25, 0.3) is 0 Å². The molecule has 0 radical (unpaired) electrons. The number of hydrogen-bond donors (Lipinski definition) is 1. The summed E-state index contributed by atoms with van der Waals surface area (Å²) in [4.78, 5) is 1.11. The third-order valence-electron chi connectivity index (χ3n) is 3.87. The van der Waals surface area contributed by atoms with Gasteiger partial charge in [-0.2, -0.15) is 4.31 Å². The van der Waals surface area contributed by atoms with Gasteiger partial charge in [0, 0.05) is 24.0 Å². The van der Waals surface area contributed by atoms with Crippen molar-refractivity contribution in [2.24, 2.45) is 5.73 Å². The Labute approximate surface area is 119 Å². The van der Waals surface area contributed by atoms with Gasteiger partial charge < -0.3 is 5.73 Å². The predicted molar refractivity (Wildman–Crippen MR) is 78.9 cm³/mol. The van der Waals surface area contributed by atoms with Crippen molar-refractivity contribution in [2.45, 2.75) is 55.3 Å². The topological polar surface area (TPSA) is 63.4 Å². The fourth-order valence-corrected chi connectivity index (χ4v) is 5.39. The molecule has 4 nitrogen and oxygen atoms in total. The van der Waals surface area contributed by atoms with Gasteiger partial charge in [-0.25, -0.2) is 8.42 Å². The highest BCUT2D eigenvalue weighted by Crippen LogP contribution is 2.29. The van der Waals surface area contributed by atoms with E-state index in [1.165, 1.54) is 11.3 Å². The Hall–Kier alpha value is -0.430. The Balaban J connectivity index is 2.14. The van der Waals surface area contributed by atoms with Crippen molar-refractivity contribution in [2.75, 3.05) is 7.05 Å². The van der Waals surface area contributed by atoms with E-state index in [2.05, 4.69) is 0 Å². The molecule has 6 heteroatoms. The van der Waals surface area contributed by atoms with E-state index < -0.39 is 10.0 Å². The molecule has 0 aromatic carbocycles. The zero-order chi connectivity index (χ0) is 14.0. The Bertz CT molecular complexity index is 517. The van der Waals surface area contributed by atoms with Crippen LogP contribution in [0.15, 0.2) is 16.3 Å². The summed E-state index contributed by atoms with van der Waals surface area (Å²) >= 11 is 1.38. The third-order valence-corrected chi connectivity index (χ3v) is 7.48. The number of thiophene rings is 1. The summed E-state index contributed by atoms with van der Waals surface area (Å²) in [5.74, 6) is 0. The number of sulfonamides is 1. The lowest BCUT2D eigenvalue weighted by molar-refractivity contribution is 0.269. The molecule has 0 aliphatic heterocycles. The van der Waals surface area contributed by atoms with Crippen molar-refractivity contribution in [3.05, 3.63) is 17.0 Å². The van der Waals surface area contributed by atoms with E-state index in [1.807, 2.05) is 13.0 Å². The van der Waals surface area contributed by atoms with E-state index in [9.17, 15) is 8.42 Å². The lowest BCUT2D eigenvalue weighted by Crippen LogP contribution is -2.41. The second kappa shape index (κ2) is 5.91. The summed E-state index contributed by atoms with van der Waals surface area (Å²) in [7, 11) is -1.64. The molecule has 0 atom stereocenters. The number of aryl methyl sites for hydroxylation is 1. The number of nitrogens with two attached hydrogens (primary N) is 1. The largest absolute Gasteiger partial charge is 0.328 e. The Morgan fingerprint density at radius 2 is 1.95 bits per heavy atom. The number of rotatable bonds is 4. The third kappa shape index (κ3) is 3.18. The van der Waals surface area contributed by atoms with Crippen molar-refractivity contribution < 1.29 is 8.42 Å². The average molecular weight is 302 g/mol. The van der Waals surface area contributed by atoms with E-state index in [0.29, 0.717) is 4.21 Å². The van der Waals surface area contributed by atoms with Crippen LogP contribution in [0.2, 0.25) is 0 Å². The summed E-state index contributed by atoms with van der Waals surface area (Å²) < 4.78 is 27.1. The van der Waals surface area contributed by atoms with E-state index in [4.69, 9.17) is 5.73 Å². The minimum atomic E-state index is -3.33. The smallest absolute Gasteiger partial charge is 0.252 e. The summed E-state index contributed by atoms with van der Waals surface area (Å²) in [5, 5.41) is 0. The van der Waals surface area contributed by atoms with Crippen molar-refractivity contribution in [3.63, 3.8) is 0 Å². The normalized spacial score (nSPS) is 24.8. The standard InChI is InChI=1S/C13H22N2O2S2/c1-3-12-8-9-13(18-12)19(16,17)15(2)11-6-4-10(14)5-7-11/h8-11H,3-7,14H2,1-2H3. The Morgan fingerprint density at radius 3 is 2.47 bits per heavy atom. The lowest BCUT2D eigenvalue weighted by Gasteiger charge is -2.32. The first-order chi connectivity index (χ1) is 8.95. The van der Waals surface area contributed by atoms with Crippen molar-refractivity contribution in [3.8, 4) is 0 Å². The van der Waals surface area contributed by atoms with E-state index >= 15 is 0 Å². The van der Waals surface area contributed by atoms with Gasteiger partial charge in [0.25, 0.3) is 10.0 Å². The van der Waals surface area contributed by atoms with Crippen LogP contribution in [0.5, 0.6) is 0 Å². The van der Waals surface area contributed by atoms with Gasteiger partial charge in [0.15, 0.2) is 0 Å². The van der Waals surface area contributed by atoms with Crippen LogP contribution >= 0.6 is 11.3 Å². The van der Waals surface area contributed by atoms with E-state index in [-0.39, 0.29) is 12.1 Å². The van der Waals surface area contributed by atoms with Gasteiger partial charge in [0.05, 0.1) is 0 Å². The molecular weight excluding hydrogens is 280 g/mol. The summed E-state index contributed by atoms with van der Waals surface area (Å²) in [6.45, 7) is 2.04. The molecule has 19 heavy (non-hydrogen) atoms. The molecule has 0 unspecified atom stereocenters. The molecule has 1 aromatic heterocycles. The Morgan fingerprint density at radius 1 is 1.32 bits per heavy atom. The van der Waals surface area contributed by atoms with Gasteiger partial charge >= 0.3 is 0 Å². The minimum absolute atomic E-state index is 0.0944. The van der Waals surface area contributed by atoms with Crippen LogP contribution in [0.4, 0.5) is 0 Å². The maximum atomic E-state index is 12.5. The maximum Gasteiger partial charge on any atom is 0.252 e. The first-order valence-corrected chi connectivity index (χ1v) is 9.03. The molecule has 1 aliphatic carbocycles. The monoisotopic (exact) mass is 302 g/mol. The molecule has 0 amide bonds. The first kappa shape index (κ1) is 15.0. The molecule has 2 rings (SSSR count). The van der Waals surface area contributed by atoms with Crippen LogP contribution in [0.1, 0.15) is 37.5 Å². The van der Waals surface area contributed by atoms with Gasteiger partial charge in [-0.15, -0.1) is 11.3 Å². The van der Waals surface area contributed by atoms with Crippen molar-refractivity contribution in [1.82, 2.24) is 4.31 Å². The van der Waals surface area contributed by atoms with Crippen LogP contribution in [-0.4, -0.2) is 31.9 Å². The van der Waals surface area contributed by atoms with Gasteiger partial charge in [0.1, 0.15) is 4.21 Å². The molecular formula is C13H22N2O2S2. The van der Waals surface area contributed by atoms with E-state index in [0.717, 1.165) is 37.0 Å². The van der Waals surface area contributed by atoms with Crippen molar-refractivity contribution >= 4 is 21.4 Å². The molecule has 1 heterocycles. The number of nitrogens with zero attached hydrogens (tertiary/aromatic N) is 1. The van der Waals surface area contributed by atoms with Gasteiger partial charge in [-0.05, 0) is 44.2 Å². The fraction of sp³-hybridized carbons (Fsp3) is 0.692. The second-order valence-electron chi connectivity index (χ2n) is 5.16. The van der Waals surface area contributed by atoms with Gasteiger partial charge in [0.2, 0.25) is 0 Å². The molecule has 1 aliphatic rings. The fourth-order valence-electron chi connectivity index (χ4n) is 2.49. The molecule has 1 saturated carbocycles. The maximum absolute atomic E-state index is 12.5. The van der Waals surface area contributed by atoms with E-state index in [1.54, 1.807) is 17.4 Å². The van der Waals surface area contributed by atoms with Crippen molar-refractivity contribution in [1.29, 1.82) is 0 Å². The van der Waals surface area contributed by atoms with Crippen LogP contribution in [0, 0.1) is 0 Å². The quantitative estimate of drug-likeness (QED) is 0.927. The zero-order valence-electron chi connectivity index (χ0n) is 11.5. The molecule has 108 valence electrons. The molecule has 2 N–H and O–H groups in total.